The Hall–Kier alpha value is -2.93. The zero-order valence-corrected chi connectivity index (χ0v) is 15.6. The summed E-state index contributed by atoms with van der Waals surface area (Å²) in [6.45, 7) is 6.60. The van der Waals surface area contributed by atoms with E-state index in [1.54, 1.807) is 18.2 Å². The predicted molar refractivity (Wildman–Crippen MR) is 107 cm³/mol. The van der Waals surface area contributed by atoms with Crippen molar-refractivity contribution >= 4 is 28.5 Å². The summed E-state index contributed by atoms with van der Waals surface area (Å²) in [5, 5.41) is 5.60. The summed E-state index contributed by atoms with van der Waals surface area (Å²) < 4.78 is 27.9. The van der Waals surface area contributed by atoms with Gasteiger partial charge < -0.3 is 20.4 Å². The highest BCUT2D eigenvalue weighted by molar-refractivity contribution is 6.31. The van der Waals surface area contributed by atoms with Crippen LogP contribution in [-0.4, -0.2) is 43.5 Å². The van der Waals surface area contributed by atoms with Crippen LogP contribution in [0.2, 0.25) is 0 Å². The standard InChI is InChI=1S/C21H22F2N4O/c1-2-26-7-9-27(10-8-26)20-6-4-15(12-18(20)23)24-13-17-16-5-3-14(22)11-19(16)25-21(17)28/h3-6,11-13,24H,2,7-10H2,1H3,(H,25,28)/b17-13+. The lowest BCUT2D eigenvalue weighted by Crippen LogP contribution is -2.46. The van der Waals surface area contributed by atoms with E-state index in [1.165, 1.54) is 24.4 Å². The number of hydrogen-bond acceptors (Lipinski definition) is 4. The topological polar surface area (TPSA) is 47.6 Å². The van der Waals surface area contributed by atoms with Gasteiger partial charge in [-0.25, -0.2) is 8.78 Å². The minimum Gasteiger partial charge on any atom is -0.367 e. The molecule has 0 spiro atoms. The second kappa shape index (κ2) is 7.59. The summed E-state index contributed by atoms with van der Waals surface area (Å²) >= 11 is 0. The summed E-state index contributed by atoms with van der Waals surface area (Å²) in [4.78, 5) is 16.5. The molecule has 0 atom stereocenters. The molecule has 0 unspecified atom stereocenters. The highest BCUT2D eigenvalue weighted by atomic mass is 19.1. The number of benzene rings is 2. The van der Waals surface area contributed by atoms with E-state index in [2.05, 4.69) is 27.4 Å². The van der Waals surface area contributed by atoms with Gasteiger partial charge in [0.2, 0.25) is 0 Å². The second-order valence-electron chi connectivity index (χ2n) is 6.93. The van der Waals surface area contributed by atoms with Gasteiger partial charge in [0.05, 0.1) is 16.9 Å². The normalized spacial score (nSPS) is 18.3. The Labute approximate surface area is 162 Å². The molecule has 2 aliphatic rings. The number of likely N-dealkylation sites (N-methyl/N-ethyl adjacent to an activating group) is 1. The largest absolute Gasteiger partial charge is 0.367 e. The van der Waals surface area contributed by atoms with Crippen LogP contribution in [0.3, 0.4) is 0 Å². The summed E-state index contributed by atoms with van der Waals surface area (Å²) in [5.74, 6) is -1.03. The first-order chi connectivity index (χ1) is 13.5. The number of nitrogens with one attached hydrogen (secondary N) is 2. The van der Waals surface area contributed by atoms with Gasteiger partial charge in [0.15, 0.2) is 0 Å². The number of hydrogen-bond donors (Lipinski definition) is 2. The van der Waals surface area contributed by atoms with Crippen molar-refractivity contribution in [3.8, 4) is 0 Å². The quantitative estimate of drug-likeness (QED) is 0.792. The molecule has 0 bridgehead atoms. The van der Waals surface area contributed by atoms with E-state index >= 15 is 0 Å². The van der Waals surface area contributed by atoms with Gasteiger partial charge in [-0.15, -0.1) is 0 Å². The van der Waals surface area contributed by atoms with Crippen LogP contribution in [0.5, 0.6) is 0 Å². The fraction of sp³-hybridized carbons (Fsp3) is 0.286. The molecule has 2 N–H and O–H groups in total. The lowest BCUT2D eigenvalue weighted by Gasteiger charge is -2.35. The van der Waals surface area contributed by atoms with E-state index in [0.29, 0.717) is 28.2 Å². The third-order valence-corrected chi connectivity index (χ3v) is 5.26. The third-order valence-electron chi connectivity index (χ3n) is 5.26. The van der Waals surface area contributed by atoms with Crippen LogP contribution in [0.15, 0.2) is 42.6 Å². The third kappa shape index (κ3) is 3.57. The molecule has 0 radical (unpaired) electrons. The first-order valence-corrected chi connectivity index (χ1v) is 9.40. The van der Waals surface area contributed by atoms with Crippen molar-refractivity contribution in [3.05, 3.63) is 59.8 Å². The Morgan fingerprint density at radius 3 is 2.61 bits per heavy atom. The Bertz CT molecular complexity index is 936. The van der Waals surface area contributed by atoms with E-state index in [1.807, 2.05) is 0 Å². The predicted octanol–water partition coefficient (Wildman–Crippen LogP) is 3.51. The maximum Gasteiger partial charge on any atom is 0.257 e. The van der Waals surface area contributed by atoms with Crippen LogP contribution >= 0.6 is 0 Å². The van der Waals surface area contributed by atoms with Crippen LogP contribution in [0, 0.1) is 11.6 Å². The number of carbonyl (C=O) groups is 1. The average Bonchev–Trinajstić information content (AvgIpc) is 3.00. The smallest absolute Gasteiger partial charge is 0.257 e. The summed E-state index contributed by atoms with van der Waals surface area (Å²) in [5.41, 5.74) is 2.57. The van der Waals surface area contributed by atoms with Crippen LogP contribution < -0.4 is 15.5 Å². The van der Waals surface area contributed by atoms with Gasteiger partial charge >= 0.3 is 0 Å². The van der Waals surface area contributed by atoms with Crippen molar-refractivity contribution in [2.24, 2.45) is 0 Å². The maximum absolute atomic E-state index is 14.6. The van der Waals surface area contributed by atoms with Gasteiger partial charge in [0.25, 0.3) is 5.91 Å². The van der Waals surface area contributed by atoms with Gasteiger partial charge in [-0.1, -0.05) is 6.92 Å². The van der Waals surface area contributed by atoms with Gasteiger partial charge in [0.1, 0.15) is 11.6 Å². The highest BCUT2D eigenvalue weighted by Crippen LogP contribution is 2.32. The monoisotopic (exact) mass is 384 g/mol. The molecule has 1 fully saturated rings. The number of anilines is 3. The fourth-order valence-corrected chi connectivity index (χ4v) is 3.62. The molecule has 5 nitrogen and oxygen atoms in total. The number of fused-ring (bicyclic) bond motifs is 1. The first-order valence-electron chi connectivity index (χ1n) is 9.40. The molecule has 1 saturated heterocycles. The van der Waals surface area contributed by atoms with Crippen molar-refractivity contribution in [1.29, 1.82) is 0 Å². The Morgan fingerprint density at radius 1 is 1.11 bits per heavy atom. The van der Waals surface area contributed by atoms with Crippen LogP contribution in [0.25, 0.3) is 5.57 Å². The molecule has 1 amide bonds. The van der Waals surface area contributed by atoms with Gasteiger partial charge in [-0.2, -0.15) is 0 Å². The van der Waals surface area contributed by atoms with Crippen molar-refractivity contribution in [2.45, 2.75) is 6.92 Å². The minimum absolute atomic E-state index is 0.299. The van der Waals surface area contributed by atoms with Crippen LogP contribution in [-0.2, 0) is 4.79 Å². The van der Waals surface area contributed by atoms with Crippen LogP contribution in [0.1, 0.15) is 12.5 Å². The zero-order valence-electron chi connectivity index (χ0n) is 15.6. The first kappa shape index (κ1) is 18.4. The zero-order chi connectivity index (χ0) is 19.7. The molecule has 2 aliphatic heterocycles. The van der Waals surface area contributed by atoms with Crippen LogP contribution in [0.4, 0.5) is 25.8 Å². The summed E-state index contributed by atoms with van der Waals surface area (Å²) in [6.07, 6.45) is 1.52. The molecular formula is C21H22F2N4O. The van der Waals surface area contributed by atoms with Gasteiger partial charge in [-0.3, -0.25) is 4.79 Å². The Morgan fingerprint density at radius 2 is 1.89 bits per heavy atom. The highest BCUT2D eigenvalue weighted by Gasteiger charge is 2.24. The Kier molecular flexibility index (Phi) is 5.00. The van der Waals surface area contributed by atoms with E-state index in [9.17, 15) is 13.6 Å². The fourth-order valence-electron chi connectivity index (χ4n) is 3.62. The van der Waals surface area contributed by atoms with E-state index in [4.69, 9.17) is 0 Å². The number of halogens is 2. The molecule has 0 aromatic heterocycles. The lowest BCUT2D eigenvalue weighted by molar-refractivity contribution is -0.110. The number of nitrogens with zero attached hydrogens (tertiary/aromatic N) is 2. The lowest BCUT2D eigenvalue weighted by atomic mass is 10.1. The minimum atomic E-state index is -0.411. The van der Waals surface area contributed by atoms with Crippen molar-refractivity contribution < 1.29 is 13.6 Å². The molecule has 4 rings (SSSR count). The molecule has 7 heteroatoms. The molecule has 2 aromatic rings. The molecule has 0 saturated carbocycles. The number of piperazine rings is 1. The number of amides is 1. The number of rotatable bonds is 4. The molecule has 28 heavy (non-hydrogen) atoms. The molecule has 2 heterocycles. The Balaban J connectivity index is 1.49. The average molecular weight is 384 g/mol. The number of carbonyl (C=O) groups excluding carboxylic acids is 1. The van der Waals surface area contributed by atoms with Gasteiger partial charge in [0, 0.05) is 43.6 Å². The molecule has 0 aliphatic carbocycles. The summed E-state index contributed by atoms with van der Waals surface area (Å²) in [7, 11) is 0. The molecular weight excluding hydrogens is 362 g/mol. The van der Waals surface area contributed by atoms with E-state index < -0.39 is 5.82 Å². The molecule has 2 aromatic carbocycles. The van der Waals surface area contributed by atoms with Crippen molar-refractivity contribution in [2.75, 3.05) is 48.3 Å². The van der Waals surface area contributed by atoms with Crippen molar-refractivity contribution in [3.63, 3.8) is 0 Å². The maximum atomic E-state index is 14.6. The van der Waals surface area contributed by atoms with Crippen molar-refractivity contribution in [1.82, 2.24) is 4.90 Å². The van der Waals surface area contributed by atoms with Gasteiger partial charge in [-0.05, 0) is 42.9 Å². The second-order valence-corrected chi connectivity index (χ2v) is 6.93. The van der Waals surface area contributed by atoms with E-state index in [0.717, 1.165) is 32.7 Å². The summed E-state index contributed by atoms with van der Waals surface area (Å²) in [6, 6.07) is 9.11. The SMILES string of the molecule is CCN1CCN(c2ccc(N/C=C3/C(=O)Nc4cc(F)ccc43)cc2F)CC1. The van der Waals surface area contributed by atoms with E-state index in [-0.39, 0.29) is 11.7 Å². The molecule has 146 valence electrons.